The number of aromatic nitrogens is 2. The highest BCUT2D eigenvalue weighted by atomic mass is 32.2. The summed E-state index contributed by atoms with van der Waals surface area (Å²) in [5, 5.41) is 3.16. The average molecular weight is 285 g/mol. The third-order valence-corrected chi connectivity index (χ3v) is 4.52. The molecule has 1 aromatic rings. The summed E-state index contributed by atoms with van der Waals surface area (Å²) in [6.45, 7) is 2.39. The molecule has 1 saturated carbocycles. The second kappa shape index (κ2) is 5.94. The molecule has 6 heteroatoms. The Morgan fingerprint density at radius 3 is 2.68 bits per heavy atom. The Balaban J connectivity index is 2.03. The van der Waals surface area contributed by atoms with Gasteiger partial charge >= 0.3 is 0 Å². The molecule has 108 valence electrons. The van der Waals surface area contributed by atoms with Crippen LogP contribution in [0, 0.1) is 6.92 Å². The molecule has 0 amide bonds. The fraction of sp³-hybridized carbons (Fsp3) is 0.769. The maximum atomic E-state index is 11.1. The van der Waals surface area contributed by atoms with Gasteiger partial charge in [0, 0.05) is 25.0 Å². The highest BCUT2D eigenvalue weighted by molar-refractivity contribution is 7.90. The summed E-state index contributed by atoms with van der Waals surface area (Å²) in [5.41, 5.74) is 0.979. The largest absolute Gasteiger partial charge is 0.355 e. The molecule has 0 saturated heterocycles. The van der Waals surface area contributed by atoms with Crippen LogP contribution in [0.1, 0.15) is 43.8 Å². The quantitative estimate of drug-likeness (QED) is 0.900. The van der Waals surface area contributed by atoms with E-state index in [2.05, 4.69) is 21.1 Å². The van der Waals surface area contributed by atoms with Gasteiger partial charge in [-0.2, -0.15) is 0 Å². The zero-order chi connectivity index (χ0) is 13.9. The predicted molar refractivity (Wildman–Crippen MR) is 77.3 cm³/mol. The van der Waals surface area contributed by atoms with E-state index in [1.807, 2.05) is 6.92 Å². The molecule has 0 radical (unpaired) electrons. The van der Waals surface area contributed by atoms with Gasteiger partial charge in [0.25, 0.3) is 0 Å². The number of imidazole rings is 1. The third-order valence-electron chi connectivity index (χ3n) is 3.58. The molecule has 19 heavy (non-hydrogen) atoms. The lowest BCUT2D eigenvalue weighted by atomic mass is 9.95. The number of aryl methyl sites for hydroxylation is 1. The molecule has 1 aliphatic rings. The molecule has 1 N–H and O–H groups in total. The van der Waals surface area contributed by atoms with E-state index in [1.54, 1.807) is 0 Å². The van der Waals surface area contributed by atoms with Crippen molar-refractivity contribution >= 4 is 15.8 Å². The van der Waals surface area contributed by atoms with Crippen molar-refractivity contribution in [2.24, 2.45) is 0 Å². The van der Waals surface area contributed by atoms with Crippen LogP contribution in [0.4, 0.5) is 5.95 Å². The molecule has 0 unspecified atom stereocenters. The molecule has 1 fully saturated rings. The molecule has 0 bridgehead atoms. The van der Waals surface area contributed by atoms with Crippen LogP contribution in [0.25, 0.3) is 0 Å². The van der Waals surface area contributed by atoms with Gasteiger partial charge in [-0.05, 0) is 19.8 Å². The van der Waals surface area contributed by atoms with Gasteiger partial charge in [0.05, 0.1) is 11.4 Å². The minimum Gasteiger partial charge on any atom is -0.355 e. The van der Waals surface area contributed by atoms with Crippen LogP contribution in [0.15, 0.2) is 6.20 Å². The zero-order valence-corrected chi connectivity index (χ0v) is 12.5. The third kappa shape index (κ3) is 4.23. The molecular formula is C13H23N3O2S. The van der Waals surface area contributed by atoms with E-state index in [4.69, 9.17) is 0 Å². The van der Waals surface area contributed by atoms with Crippen LogP contribution in [0.3, 0.4) is 0 Å². The molecule has 0 aromatic carbocycles. The van der Waals surface area contributed by atoms with Gasteiger partial charge in [0.2, 0.25) is 5.95 Å². The minimum absolute atomic E-state index is 0.142. The Bertz CT molecular complexity index is 516. The Hall–Kier alpha value is -1.04. The van der Waals surface area contributed by atoms with Crippen molar-refractivity contribution in [2.75, 3.05) is 23.9 Å². The lowest BCUT2D eigenvalue weighted by Gasteiger charge is -2.24. The number of hydrogen-bond acceptors (Lipinski definition) is 4. The summed E-state index contributed by atoms with van der Waals surface area (Å²) < 4.78 is 24.5. The lowest BCUT2D eigenvalue weighted by molar-refractivity contribution is 0.356. The van der Waals surface area contributed by atoms with Crippen molar-refractivity contribution in [2.45, 2.75) is 45.1 Å². The van der Waals surface area contributed by atoms with Gasteiger partial charge in [-0.3, -0.25) is 0 Å². The molecule has 2 rings (SSSR count). The number of rotatable bonds is 5. The fourth-order valence-electron chi connectivity index (χ4n) is 2.63. The zero-order valence-electron chi connectivity index (χ0n) is 11.7. The van der Waals surface area contributed by atoms with Crippen LogP contribution in [0.5, 0.6) is 0 Å². The number of anilines is 1. The Morgan fingerprint density at radius 2 is 2.05 bits per heavy atom. The molecule has 1 aliphatic carbocycles. The summed E-state index contributed by atoms with van der Waals surface area (Å²) in [4.78, 5) is 4.46. The normalized spacial score (nSPS) is 17.6. The molecular weight excluding hydrogens is 262 g/mol. The summed E-state index contributed by atoms with van der Waals surface area (Å²) in [6.07, 6.45) is 9.57. The van der Waals surface area contributed by atoms with Crippen LogP contribution in [-0.2, 0) is 9.84 Å². The first-order valence-corrected chi connectivity index (χ1v) is 8.99. The van der Waals surface area contributed by atoms with E-state index in [0.29, 0.717) is 12.6 Å². The second-order valence-electron chi connectivity index (χ2n) is 5.46. The predicted octanol–water partition coefficient (Wildman–Crippen LogP) is 2.15. The SMILES string of the molecule is Cc1cn(C2CCCCC2)c(NCCS(C)(=O)=O)n1. The highest BCUT2D eigenvalue weighted by Crippen LogP contribution is 2.30. The smallest absolute Gasteiger partial charge is 0.203 e. The van der Waals surface area contributed by atoms with Gasteiger partial charge in [-0.25, -0.2) is 13.4 Å². The summed E-state index contributed by atoms with van der Waals surface area (Å²) in [5.74, 6) is 0.955. The van der Waals surface area contributed by atoms with E-state index in [0.717, 1.165) is 11.6 Å². The van der Waals surface area contributed by atoms with Gasteiger partial charge in [-0.1, -0.05) is 19.3 Å². The molecule has 5 nitrogen and oxygen atoms in total. The average Bonchev–Trinajstić information content (AvgIpc) is 2.70. The standard InChI is InChI=1S/C13H23N3O2S/c1-11-10-16(12-6-4-3-5-7-12)13(15-11)14-8-9-19(2,17)18/h10,12H,3-9H2,1-2H3,(H,14,15). The molecule has 0 spiro atoms. The molecule has 1 aromatic heterocycles. The van der Waals surface area contributed by atoms with E-state index in [-0.39, 0.29) is 5.75 Å². The number of nitrogens with zero attached hydrogens (tertiary/aromatic N) is 2. The van der Waals surface area contributed by atoms with E-state index in [9.17, 15) is 8.42 Å². The minimum atomic E-state index is -2.92. The van der Waals surface area contributed by atoms with Crippen molar-refractivity contribution in [3.8, 4) is 0 Å². The van der Waals surface area contributed by atoms with Crippen molar-refractivity contribution in [3.05, 3.63) is 11.9 Å². The van der Waals surface area contributed by atoms with Crippen LogP contribution < -0.4 is 5.32 Å². The summed E-state index contributed by atoms with van der Waals surface area (Å²) in [6, 6.07) is 0.510. The van der Waals surface area contributed by atoms with Crippen molar-refractivity contribution in [3.63, 3.8) is 0 Å². The number of nitrogens with one attached hydrogen (secondary N) is 1. The van der Waals surface area contributed by atoms with Crippen molar-refractivity contribution < 1.29 is 8.42 Å². The molecule has 1 heterocycles. The summed E-state index contributed by atoms with van der Waals surface area (Å²) in [7, 11) is -2.92. The number of hydrogen-bond donors (Lipinski definition) is 1. The van der Waals surface area contributed by atoms with Gasteiger partial charge in [-0.15, -0.1) is 0 Å². The monoisotopic (exact) mass is 285 g/mol. The Labute approximate surface area is 115 Å². The maximum absolute atomic E-state index is 11.1. The first kappa shape index (κ1) is 14.4. The fourth-order valence-corrected chi connectivity index (χ4v) is 3.11. The molecule has 0 aliphatic heterocycles. The highest BCUT2D eigenvalue weighted by Gasteiger charge is 2.18. The summed E-state index contributed by atoms with van der Waals surface area (Å²) >= 11 is 0. The van der Waals surface area contributed by atoms with Gasteiger partial charge in [0.15, 0.2) is 0 Å². The lowest BCUT2D eigenvalue weighted by Crippen LogP contribution is -2.19. The Kier molecular flexibility index (Phi) is 4.50. The maximum Gasteiger partial charge on any atom is 0.203 e. The number of sulfone groups is 1. The van der Waals surface area contributed by atoms with Crippen molar-refractivity contribution in [1.29, 1.82) is 0 Å². The van der Waals surface area contributed by atoms with Gasteiger partial charge < -0.3 is 9.88 Å². The Morgan fingerprint density at radius 1 is 1.37 bits per heavy atom. The van der Waals surface area contributed by atoms with Crippen LogP contribution in [0.2, 0.25) is 0 Å². The topological polar surface area (TPSA) is 64.0 Å². The van der Waals surface area contributed by atoms with Gasteiger partial charge in [0.1, 0.15) is 9.84 Å². The van der Waals surface area contributed by atoms with E-state index in [1.165, 1.54) is 38.4 Å². The van der Waals surface area contributed by atoms with E-state index < -0.39 is 9.84 Å². The van der Waals surface area contributed by atoms with Crippen LogP contribution in [-0.4, -0.2) is 36.5 Å². The second-order valence-corrected chi connectivity index (χ2v) is 7.72. The first-order chi connectivity index (χ1) is 8.96. The van der Waals surface area contributed by atoms with E-state index >= 15 is 0 Å². The van der Waals surface area contributed by atoms with Crippen molar-refractivity contribution in [1.82, 2.24) is 9.55 Å². The molecule has 0 atom stereocenters. The van der Waals surface area contributed by atoms with Crippen LogP contribution >= 0.6 is 0 Å². The first-order valence-electron chi connectivity index (χ1n) is 6.93.